The number of ether oxygens (including phenoxy) is 1. The lowest BCUT2D eigenvalue weighted by atomic mass is 10.2. The number of methoxy groups -OCH3 is 1. The van der Waals surface area contributed by atoms with E-state index < -0.39 is 10.0 Å². The Morgan fingerprint density at radius 3 is 2.76 bits per heavy atom. The molecule has 0 spiro atoms. The van der Waals surface area contributed by atoms with Crippen LogP contribution in [0.2, 0.25) is 0 Å². The molecule has 0 saturated carbocycles. The fourth-order valence-electron chi connectivity index (χ4n) is 1.75. The molecule has 2 aromatic rings. The molecule has 0 amide bonds. The van der Waals surface area contributed by atoms with Gasteiger partial charge < -0.3 is 14.6 Å². The molecule has 0 unspecified atom stereocenters. The number of hydrogen-bond acceptors (Lipinski definition) is 7. The zero-order valence-electron chi connectivity index (χ0n) is 11.7. The molecular weight excluding hydrogens is 296 g/mol. The molecule has 1 heterocycles. The first-order chi connectivity index (χ1) is 10.1. The van der Waals surface area contributed by atoms with Gasteiger partial charge in [0.2, 0.25) is 16.4 Å². The minimum atomic E-state index is -3.74. The van der Waals surface area contributed by atoms with Gasteiger partial charge in [-0.25, -0.2) is 13.1 Å². The van der Waals surface area contributed by atoms with Gasteiger partial charge in [0.15, 0.2) is 5.82 Å². The summed E-state index contributed by atoms with van der Waals surface area (Å²) in [6.45, 7) is 0.496. The summed E-state index contributed by atoms with van der Waals surface area (Å²) < 4.78 is 36.8. The molecule has 8 nitrogen and oxygen atoms in total. The smallest absolute Gasteiger partial charge is 0.244 e. The molecule has 0 fully saturated rings. The Morgan fingerprint density at radius 2 is 2.14 bits per heavy atom. The minimum absolute atomic E-state index is 0.0573. The van der Waals surface area contributed by atoms with E-state index in [4.69, 9.17) is 4.74 Å². The van der Waals surface area contributed by atoms with Crippen molar-refractivity contribution in [3.05, 3.63) is 36.0 Å². The molecular formula is C12H16N4O4S. The van der Waals surface area contributed by atoms with E-state index in [0.717, 1.165) is 12.0 Å². The Kier molecular flexibility index (Phi) is 4.89. The first kappa shape index (κ1) is 15.4. The van der Waals surface area contributed by atoms with E-state index in [1.807, 2.05) is 0 Å². The van der Waals surface area contributed by atoms with Crippen molar-refractivity contribution >= 4 is 10.0 Å². The fraction of sp³-hybridized carbons (Fsp3) is 0.333. The summed E-state index contributed by atoms with van der Waals surface area (Å²) in [4.78, 5) is 3.83. The van der Waals surface area contributed by atoms with Crippen LogP contribution in [0.3, 0.4) is 0 Å². The van der Waals surface area contributed by atoms with Crippen molar-refractivity contribution in [2.75, 3.05) is 14.2 Å². The van der Waals surface area contributed by atoms with Crippen LogP contribution in [0.1, 0.15) is 11.4 Å². The van der Waals surface area contributed by atoms with Crippen molar-refractivity contribution in [2.45, 2.75) is 18.0 Å². The second-order valence-corrected chi connectivity index (χ2v) is 5.92. The molecule has 114 valence electrons. The van der Waals surface area contributed by atoms with Crippen LogP contribution >= 0.6 is 0 Å². The molecule has 0 radical (unpaired) electrons. The number of aromatic nitrogens is 2. The summed E-state index contributed by atoms with van der Waals surface area (Å²) in [5.74, 6) is 0.527. The number of nitrogens with zero attached hydrogens (tertiary/aromatic N) is 2. The zero-order chi connectivity index (χ0) is 15.3. The van der Waals surface area contributed by atoms with Crippen LogP contribution in [-0.4, -0.2) is 32.7 Å². The van der Waals surface area contributed by atoms with Gasteiger partial charge in [0.05, 0.1) is 13.7 Å². The molecule has 0 saturated heterocycles. The van der Waals surface area contributed by atoms with Gasteiger partial charge in [-0.3, -0.25) is 0 Å². The molecule has 2 rings (SSSR count). The predicted molar refractivity (Wildman–Crippen MR) is 74.1 cm³/mol. The topological polar surface area (TPSA) is 106 Å². The Bertz CT molecular complexity index is 685. The standard InChI is InChI=1S/C12H16N4O4S/c1-13-6-9-3-4-10(19-2)11(5-9)21(17,18)15-7-12-14-8-20-16-12/h3-5,8,13,15H,6-7H2,1-2H3. The predicted octanol–water partition coefficient (Wildman–Crippen LogP) is 0.276. The van der Waals surface area contributed by atoms with Gasteiger partial charge in [-0.15, -0.1) is 0 Å². The maximum atomic E-state index is 12.4. The molecule has 2 N–H and O–H groups in total. The average Bonchev–Trinajstić information content (AvgIpc) is 2.99. The second kappa shape index (κ2) is 6.66. The van der Waals surface area contributed by atoms with Crippen molar-refractivity contribution in [2.24, 2.45) is 0 Å². The van der Waals surface area contributed by atoms with E-state index in [0.29, 0.717) is 6.54 Å². The highest BCUT2D eigenvalue weighted by atomic mass is 32.2. The maximum Gasteiger partial charge on any atom is 0.244 e. The molecule has 0 bridgehead atoms. The first-order valence-electron chi connectivity index (χ1n) is 6.13. The summed E-state index contributed by atoms with van der Waals surface area (Å²) in [5.41, 5.74) is 0.832. The Labute approximate surface area is 122 Å². The Morgan fingerprint density at radius 1 is 1.33 bits per heavy atom. The second-order valence-electron chi connectivity index (χ2n) is 4.19. The van der Waals surface area contributed by atoms with Crippen LogP contribution in [0.15, 0.2) is 34.0 Å². The van der Waals surface area contributed by atoms with Crippen molar-refractivity contribution in [3.8, 4) is 5.75 Å². The summed E-state index contributed by atoms with van der Waals surface area (Å²) >= 11 is 0. The van der Waals surface area contributed by atoms with Crippen molar-refractivity contribution in [1.29, 1.82) is 0 Å². The van der Waals surface area contributed by atoms with Gasteiger partial charge >= 0.3 is 0 Å². The number of benzene rings is 1. The van der Waals surface area contributed by atoms with Crippen LogP contribution in [0.25, 0.3) is 0 Å². The Hall–Kier alpha value is -1.97. The third-order valence-corrected chi connectivity index (χ3v) is 4.15. The summed E-state index contributed by atoms with van der Waals surface area (Å²) in [6.07, 6.45) is 1.14. The van der Waals surface area contributed by atoms with E-state index in [-0.39, 0.29) is 23.0 Å². The molecule has 0 atom stereocenters. The van der Waals surface area contributed by atoms with E-state index in [9.17, 15) is 8.42 Å². The van der Waals surface area contributed by atoms with Crippen molar-refractivity contribution < 1.29 is 17.7 Å². The lowest BCUT2D eigenvalue weighted by Crippen LogP contribution is -2.24. The maximum absolute atomic E-state index is 12.4. The number of nitrogens with one attached hydrogen (secondary N) is 2. The van der Waals surface area contributed by atoms with Gasteiger partial charge in [0.25, 0.3) is 0 Å². The average molecular weight is 312 g/mol. The molecule has 21 heavy (non-hydrogen) atoms. The quantitative estimate of drug-likeness (QED) is 0.756. The van der Waals surface area contributed by atoms with E-state index >= 15 is 0 Å². The third-order valence-electron chi connectivity index (χ3n) is 2.73. The lowest BCUT2D eigenvalue weighted by molar-refractivity contribution is 0.401. The van der Waals surface area contributed by atoms with E-state index in [1.54, 1.807) is 25.2 Å². The highest BCUT2D eigenvalue weighted by Gasteiger charge is 2.20. The van der Waals surface area contributed by atoms with Gasteiger partial charge in [-0.1, -0.05) is 11.2 Å². The van der Waals surface area contributed by atoms with E-state index in [1.165, 1.54) is 7.11 Å². The van der Waals surface area contributed by atoms with Crippen LogP contribution in [0.5, 0.6) is 5.75 Å². The third kappa shape index (κ3) is 3.78. The largest absolute Gasteiger partial charge is 0.495 e. The summed E-state index contributed by atoms with van der Waals surface area (Å²) in [7, 11) is -0.538. The molecule has 0 aliphatic heterocycles. The highest BCUT2D eigenvalue weighted by molar-refractivity contribution is 7.89. The Balaban J connectivity index is 2.26. The zero-order valence-corrected chi connectivity index (χ0v) is 12.5. The van der Waals surface area contributed by atoms with Gasteiger partial charge in [0, 0.05) is 6.54 Å². The SMILES string of the molecule is CNCc1ccc(OC)c(S(=O)(=O)NCc2ncon2)c1. The number of sulfonamides is 1. The molecule has 1 aromatic heterocycles. The van der Waals surface area contributed by atoms with Crippen LogP contribution < -0.4 is 14.8 Å². The van der Waals surface area contributed by atoms with Gasteiger partial charge in [0.1, 0.15) is 10.6 Å². The van der Waals surface area contributed by atoms with Crippen molar-refractivity contribution in [1.82, 2.24) is 20.2 Å². The lowest BCUT2D eigenvalue weighted by Gasteiger charge is -2.11. The van der Waals surface area contributed by atoms with E-state index in [2.05, 4.69) is 24.7 Å². The molecule has 0 aliphatic carbocycles. The van der Waals surface area contributed by atoms with Crippen LogP contribution in [0, 0.1) is 0 Å². The monoisotopic (exact) mass is 312 g/mol. The highest BCUT2D eigenvalue weighted by Crippen LogP contribution is 2.24. The fourth-order valence-corrected chi connectivity index (χ4v) is 2.95. The van der Waals surface area contributed by atoms with Crippen LogP contribution in [0.4, 0.5) is 0 Å². The summed E-state index contributed by atoms with van der Waals surface area (Å²) in [5, 5.41) is 6.51. The van der Waals surface area contributed by atoms with Crippen LogP contribution in [-0.2, 0) is 23.1 Å². The van der Waals surface area contributed by atoms with Gasteiger partial charge in [-0.05, 0) is 24.7 Å². The molecule has 9 heteroatoms. The first-order valence-corrected chi connectivity index (χ1v) is 7.61. The summed E-state index contributed by atoms with van der Waals surface area (Å²) in [6, 6.07) is 4.98. The molecule has 1 aromatic carbocycles. The minimum Gasteiger partial charge on any atom is -0.495 e. The van der Waals surface area contributed by atoms with Gasteiger partial charge in [-0.2, -0.15) is 4.98 Å². The van der Waals surface area contributed by atoms with Crippen molar-refractivity contribution in [3.63, 3.8) is 0 Å². The molecule has 0 aliphatic rings. The number of rotatable bonds is 7. The number of hydrogen-bond donors (Lipinski definition) is 2. The normalized spacial score (nSPS) is 11.5.